The van der Waals surface area contributed by atoms with Gasteiger partial charge in [-0.2, -0.15) is 0 Å². The highest BCUT2D eigenvalue weighted by molar-refractivity contribution is 7.26. The minimum absolute atomic E-state index is 0.899. The largest absolute Gasteiger partial charge is 0.246 e. The Morgan fingerprint density at radius 3 is 1.79 bits per heavy atom. The van der Waals surface area contributed by atoms with Crippen LogP contribution in [-0.2, 0) is 0 Å². The molecule has 0 aliphatic rings. The van der Waals surface area contributed by atoms with E-state index in [0.717, 1.165) is 55.5 Å². The second-order valence-corrected chi connectivity index (χ2v) is 15.6. The van der Waals surface area contributed by atoms with E-state index >= 15 is 0 Å². The molecule has 4 heterocycles. The lowest BCUT2D eigenvalue weighted by Crippen LogP contribution is -1.92. The Bertz CT molecular complexity index is 3140. The number of pyridine rings is 2. The second kappa shape index (κ2) is 12.8. The van der Waals surface area contributed by atoms with Crippen LogP contribution in [0.1, 0.15) is 18.2 Å². The van der Waals surface area contributed by atoms with Crippen molar-refractivity contribution in [3.63, 3.8) is 0 Å². The van der Waals surface area contributed by atoms with Gasteiger partial charge in [-0.25, -0.2) is 9.97 Å². The van der Waals surface area contributed by atoms with Crippen molar-refractivity contribution in [2.45, 2.75) is 6.92 Å². The SMILES string of the molecule is C=C(/C=C\C(=C/C)c1ccc2ccc3ccc(-c4ccc(-c5ccc6sc7ccccc7c6c5)cc4)nc3c2n1)c1ccc2sc3ccccc3c2c1. The molecule has 4 aromatic heterocycles. The van der Waals surface area contributed by atoms with Gasteiger partial charge < -0.3 is 0 Å². The highest BCUT2D eigenvalue weighted by Crippen LogP contribution is 2.38. The maximum absolute atomic E-state index is 5.21. The zero-order valence-electron chi connectivity index (χ0n) is 29.0. The van der Waals surface area contributed by atoms with Gasteiger partial charge in [-0.1, -0.05) is 122 Å². The fraction of sp³-hybridized carbons (Fsp3) is 0.0204. The molecule has 4 heteroatoms. The van der Waals surface area contributed by atoms with Crippen LogP contribution in [0.3, 0.4) is 0 Å². The number of rotatable bonds is 6. The molecule has 2 nitrogen and oxygen atoms in total. The molecule has 0 N–H and O–H groups in total. The standard InChI is InChI=1S/C49H32N2S2/c1-3-31(13-12-30(2)36-22-26-46-40(28-36)38-8-4-6-10-44(38)52-46)42-24-20-34-18-19-35-21-25-43(51-49(35)48(34)50-42)33-16-14-32(15-17-33)37-23-27-47-41(29-37)39-9-5-7-11-45(39)53-47/h3-29H,2H2,1H3/b13-12-,31-3+. The summed E-state index contributed by atoms with van der Waals surface area (Å²) in [7, 11) is 0. The van der Waals surface area contributed by atoms with Crippen molar-refractivity contribution in [1.82, 2.24) is 9.97 Å². The Labute approximate surface area is 315 Å². The summed E-state index contributed by atoms with van der Waals surface area (Å²) in [4.78, 5) is 10.4. The minimum atomic E-state index is 0.899. The van der Waals surface area contributed by atoms with E-state index in [0.29, 0.717) is 0 Å². The van der Waals surface area contributed by atoms with Gasteiger partial charge in [0.2, 0.25) is 0 Å². The third-order valence-electron chi connectivity index (χ3n) is 10.2. The number of nitrogens with zero attached hydrogens (tertiary/aromatic N) is 2. The molecule has 10 rings (SSSR count). The summed E-state index contributed by atoms with van der Waals surface area (Å²) < 4.78 is 5.25. The number of thiophene rings is 2. The summed E-state index contributed by atoms with van der Waals surface area (Å²) in [5.41, 5.74) is 10.2. The van der Waals surface area contributed by atoms with Crippen molar-refractivity contribution in [1.29, 1.82) is 0 Å². The van der Waals surface area contributed by atoms with Crippen molar-refractivity contribution in [3.05, 3.63) is 182 Å². The second-order valence-electron chi connectivity index (χ2n) is 13.4. The smallest absolute Gasteiger partial charge is 0.0972 e. The third kappa shape index (κ3) is 5.55. The predicted octanol–water partition coefficient (Wildman–Crippen LogP) is 14.5. The van der Waals surface area contributed by atoms with E-state index in [4.69, 9.17) is 9.97 Å². The molecule has 0 atom stereocenters. The van der Waals surface area contributed by atoms with E-state index in [2.05, 4.69) is 177 Å². The van der Waals surface area contributed by atoms with Crippen LogP contribution in [0.15, 0.2) is 170 Å². The third-order valence-corrected chi connectivity index (χ3v) is 12.5. The maximum Gasteiger partial charge on any atom is 0.0972 e. The molecule has 0 aliphatic carbocycles. The quantitative estimate of drug-likeness (QED) is 0.127. The molecule has 0 aliphatic heterocycles. The van der Waals surface area contributed by atoms with E-state index in [1.807, 2.05) is 22.7 Å². The number of hydrogen-bond donors (Lipinski definition) is 0. The van der Waals surface area contributed by atoms with E-state index in [-0.39, 0.29) is 0 Å². The molecule has 0 amide bonds. The predicted molar refractivity (Wildman–Crippen MR) is 232 cm³/mol. The Morgan fingerprint density at radius 2 is 1.08 bits per heavy atom. The molecule has 53 heavy (non-hydrogen) atoms. The van der Waals surface area contributed by atoms with Crippen molar-refractivity contribution >= 4 is 96.0 Å². The number of aromatic nitrogens is 2. The molecule has 6 aromatic carbocycles. The summed E-state index contributed by atoms with van der Waals surface area (Å²) in [6.07, 6.45) is 6.33. The van der Waals surface area contributed by atoms with Crippen LogP contribution in [0.4, 0.5) is 0 Å². The van der Waals surface area contributed by atoms with E-state index in [9.17, 15) is 0 Å². The molecular formula is C49H32N2S2. The lowest BCUT2D eigenvalue weighted by molar-refractivity contribution is 1.33. The fourth-order valence-corrected chi connectivity index (χ4v) is 9.54. The average molecular weight is 713 g/mol. The minimum Gasteiger partial charge on any atom is -0.246 e. The lowest BCUT2D eigenvalue weighted by Gasteiger charge is -2.09. The highest BCUT2D eigenvalue weighted by Gasteiger charge is 2.12. The van der Waals surface area contributed by atoms with Crippen LogP contribution in [0, 0.1) is 0 Å². The number of allylic oxidation sites excluding steroid dienone is 5. The molecular weight excluding hydrogens is 681 g/mol. The topological polar surface area (TPSA) is 25.8 Å². The van der Waals surface area contributed by atoms with E-state index < -0.39 is 0 Å². The highest BCUT2D eigenvalue weighted by atomic mass is 32.1. The normalized spacial score (nSPS) is 12.4. The summed E-state index contributed by atoms with van der Waals surface area (Å²) in [5.74, 6) is 0. The number of fused-ring (bicyclic) bond motifs is 9. The Balaban J connectivity index is 0.953. The number of hydrogen-bond acceptors (Lipinski definition) is 4. The van der Waals surface area contributed by atoms with Gasteiger partial charge in [0.25, 0.3) is 0 Å². The summed E-state index contributed by atoms with van der Waals surface area (Å²) in [6, 6.07) is 52.2. The molecule has 0 radical (unpaired) electrons. The van der Waals surface area contributed by atoms with E-state index in [1.165, 1.54) is 51.5 Å². The fourth-order valence-electron chi connectivity index (χ4n) is 7.37. The zero-order chi connectivity index (χ0) is 35.5. The van der Waals surface area contributed by atoms with Crippen LogP contribution in [0.25, 0.3) is 95.7 Å². The van der Waals surface area contributed by atoms with Crippen LogP contribution < -0.4 is 0 Å². The van der Waals surface area contributed by atoms with Crippen LogP contribution >= 0.6 is 22.7 Å². The van der Waals surface area contributed by atoms with Crippen molar-refractivity contribution < 1.29 is 0 Å². The maximum atomic E-state index is 5.21. The molecule has 0 fully saturated rings. The van der Waals surface area contributed by atoms with Gasteiger partial charge in [-0.05, 0) is 83.3 Å². The summed E-state index contributed by atoms with van der Waals surface area (Å²) in [5, 5.41) is 7.34. The monoisotopic (exact) mass is 712 g/mol. The molecule has 10 aromatic rings. The van der Waals surface area contributed by atoms with Crippen LogP contribution in [0.5, 0.6) is 0 Å². The lowest BCUT2D eigenvalue weighted by atomic mass is 10.00. The van der Waals surface area contributed by atoms with Crippen molar-refractivity contribution in [2.24, 2.45) is 0 Å². The van der Waals surface area contributed by atoms with Gasteiger partial charge in [0.05, 0.1) is 22.4 Å². The van der Waals surface area contributed by atoms with Gasteiger partial charge >= 0.3 is 0 Å². The Hall–Kier alpha value is -6.20. The van der Waals surface area contributed by atoms with Gasteiger partial charge in [0.1, 0.15) is 0 Å². The zero-order valence-corrected chi connectivity index (χ0v) is 30.6. The molecule has 0 bridgehead atoms. The molecule has 0 saturated carbocycles. The van der Waals surface area contributed by atoms with Crippen LogP contribution in [-0.4, -0.2) is 9.97 Å². The molecule has 0 unspecified atom stereocenters. The van der Waals surface area contributed by atoms with E-state index in [1.54, 1.807) is 0 Å². The number of benzene rings is 6. The summed E-state index contributed by atoms with van der Waals surface area (Å²) in [6.45, 7) is 6.49. The molecule has 0 spiro atoms. The summed E-state index contributed by atoms with van der Waals surface area (Å²) >= 11 is 3.68. The van der Waals surface area contributed by atoms with Gasteiger partial charge in [0.15, 0.2) is 0 Å². The van der Waals surface area contributed by atoms with Crippen molar-refractivity contribution in [2.75, 3.05) is 0 Å². The first kappa shape index (κ1) is 31.5. The first-order valence-corrected chi connectivity index (χ1v) is 19.4. The van der Waals surface area contributed by atoms with Crippen molar-refractivity contribution in [3.8, 4) is 22.4 Å². The first-order chi connectivity index (χ1) is 26.1. The van der Waals surface area contributed by atoms with Gasteiger partial charge in [0, 0.05) is 56.7 Å². The molecule has 250 valence electrons. The van der Waals surface area contributed by atoms with Gasteiger partial charge in [-0.15, -0.1) is 22.7 Å². The first-order valence-electron chi connectivity index (χ1n) is 17.8. The van der Waals surface area contributed by atoms with Gasteiger partial charge in [-0.3, -0.25) is 0 Å². The average Bonchev–Trinajstić information content (AvgIpc) is 3.78. The molecule has 0 saturated heterocycles. The Kier molecular flexibility index (Phi) is 7.60. The Morgan fingerprint density at radius 1 is 0.509 bits per heavy atom. The van der Waals surface area contributed by atoms with Crippen LogP contribution in [0.2, 0.25) is 0 Å².